The molecule has 2 rings (SSSR count). The van der Waals surface area contributed by atoms with Crippen LogP contribution in [0.4, 0.5) is 0 Å². The highest BCUT2D eigenvalue weighted by molar-refractivity contribution is 7.99. The van der Waals surface area contributed by atoms with Crippen molar-refractivity contribution in [3.63, 3.8) is 0 Å². The van der Waals surface area contributed by atoms with E-state index in [2.05, 4.69) is 24.0 Å². The topological polar surface area (TPSA) is 25.2 Å². The fourth-order valence-electron chi connectivity index (χ4n) is 1.84. The summed E-state index contributed by atoms with van der Waals surface area (Å²) in [5, 5.41) is 3.61. The first-order valence-electron chi connectivity index (χ1n) is 5.23. The molecule has 0 spiro atoms. The summed E-state index contributed by atoms with van der Waals surface area (Å²) in [5.41, 5.74) is 0. The van der Waals surface area contributed by atoms with Crippen LogP contribution in [-0.2, 0) is 0 Å². The van der Waals surface area contributed by atoms with Crippen molar-refractivity contribution in [3.05, 3.63) is 24.2 Å². The van der Waals surface area contributed by atoms with Crippen LogP contribution in [0.25, 0.3) is 0 Å². The van der Waals surface area contributed by atoms with Crippen LogP contribution >= 0.6 is 11.8 Å². The van der Waals surface area contributed by atoms with E-state index in [4.69, 9.17) is 4.42 Å². The average molecular weight is 211 g/mol. The van der Waals surface area contributed by atoms with Gasteiger partial charge in [0.05, 0.1) is 12.3 Å². The molecule has 78 valence electrons. The lowest BCUT2D eigenvalue weighted by atomic mass is 10.1. The SMILES string of the molecule is C[C@H](NC1CCSCC1)c1ccco1. The number of hydrogen-bond acceptors (Lipinski definition) is 3. The van der Waals surface area contributed by atoms with Crippen LogP contribution in [-0.4, -0.2) is 17.5 Å². The van der Waals surface area contributed by atoms with Gasteiger partial charge in [-0.25, -0.2) is 0 Å². The van der Waals surface area contributed by atoms with Crippen LogP contribution < -0.4 is 5.32 Å². The monoisotopic (exact) mass is 211 g/mol. The molecule has 2 nitrogen and oxygen atoms in total. The number of furan rings is 1. The Balaban J connectivity index is 1.84. The van der Waals surface area contributed by atoms with E-state index in [1.54, 1.807) is 6.26 Å². The van der Waals surface area contributed by atoms with Crippen molar-refractivity contribution in [2.75, 3.05) is 11.5 Å². The van der Waals surface area contributed by atoms with Crippen molar-refractivity contribution in [3.8, 4) is 0 Å². The molecule has 1 aromatic heterocycles. The molecule has 0 amide bonds. The van der Waals surface area contributed by atoms with Crippen LogP contribution in [0.1, 0.15) is 31.6 Å². The molecule has 1 fully saturated rings. The molecule has 0 bridgehead atoms. The number of rotatable bonds is 3. The second-order valence-electron chi connectivity index (χ2n) is 3.79. The highest BCUT2D eigenvalue weighted by Gasteiger charge is 2.17. The van der Waals surface area contributed by atoms with E-state index >= 15 is 0 Å². The fraction of sp³-hybridized carbons (Fsp3) is 0.636. The predicted octanol–water partition coefficient (Wildman–Crippen LogP) is 2.83. The number of thioether (sulfide) groups is 1. The molecular formula is C11H17NOS. The summed E-state index contributed by atoms with van der Waals surface area (Å²) in [6, 6.07) is 5.01. The summed E-state index contributed by atoms with van der Waals surface area (Å²) in [6.45, 7) is 2.17. The van der Waals surface area contributed by atoms with E-state index in [0.29, 0.717) is 12.1 Å². The minimum absolute atomic E-state index is 0.345. The molecular weight excluding hydrogens is 194 g/mol. The Morgan fingerprint density at radius 3 is 2.93 bits per heavy atom. The zero-order valence-electron chi connectivity index (χ0n) is 8.53. The Hall–Kier alpha value is -0.410. The van der Waals surface area contributed by atoms with Crippen LogP contribution in [0.3, 0.4) is 0 Å². The van der Waals surface area contributed by atoms with Gasteiger partial charge in [-0.2, -0.15) is 11.8 Å². The minimum atomic E-state index is 0.345. The lowest BCUT2D eigenvalue weighted by molar-refractivity contribution is 0.375. The molecule has 1 saturated heterocycles. The molecule has 2 heterocycles. The average Bonchev–Trinajstić information content (AvgIpc) is 2.72. The summed E-state index contributed by atoms with van der Waals surface area (Å²) >= 11 is 2.06. The molecule has 3 heteroatoms. The quantitative estimate of drug-likeness (QED) is 0.832. The molecule has 1 aliphatic rings. The van der Waals surface area contributed by atoms with Crippen molar-refractivity contribution in [2.24, 2.45) is 0 Å². The van der Waals surface area contributed by atoms with E-state index in [1.807, 2.05) is 12.1 Å². The molecule has 0 aliphatic carbocycles. The Labute approximate surface area is 89.4 Å². The predicted molar refractivity (Wildman–Crippen MR) is 60.6 cm³/mol. The van der Waals surface area contributed by atoms with E-state index in [-0.39, 0.29) is 0 Å². The van der Waals surface area contributed by atoms with Crippen molar-refractivity contribution < 1.29 is 4.42 Å². The summed E-state index contributed by atoms with van der Waals surface area (Å²) in [6.07, 6.45) is 4.32. The largest absolute Gasteiger partial charge is 0.468 e. The molecule has 0 unspecified atom stereocenters. The van der Waals surface area contributed by atoms with Gasteiger partial charge in [0.15, 0.2) is 0 Å². The lowest BCUT2D eigenvalue weighted by Gasteiger charge is -2.25. The first-order chi connectivity index (χ1) is 6.86. The summed E-state index contributed by atoms with van der Waals surface area (Å²) in [7, 11) is 0. The van der Waals surface area contributed by atoms with E-state index in [1.165, 1.54) is 24.3 Å². The van der Waals surface area contributed by atoms with Gasteiger partial charge in [-0.1, -0.05) is 0 Å². The first kappa shape index (κ1) is 10.1. The van der Waals surface area contributed by atoms with Gasteiger partial charge in [0.25, 0.3) is 0 Å². The van der Waals surface area contributed by atoms with Gasteiger partial charge in [-0.15, -0.1) is 0 Å². The van der Waals surface area contributed by atoms with Crippen molar-refractivity contribution >= 4 is 11.8 Å². The molecule has 0 radical (unpaired) electrons. The Morgan fingerprint density at radius 1 is 1.50 bits per heavy atom. The maximum atomic E-state index is 5.37. The van der Waals surface area contributed by atoms with Crippen LogP contribution in [0, 0.1) is 0 Å². The normalized spacial score (nSPS) is 20.9. The molecule has 14 heavy (non-hydrogen) atoms. The highest BCUT2D eigenvalue weighted by Crippen LogP contribution is 2.20. The van der Waals surface area contributed by atoms with E-state index < -0.39 is 0 Å². The number of nitrogens with one attached hydrogen (secondary N) is 1. The van der Waals surface area contributed by atoms with Crippen LogP contribution in [0.2, 0.25) is 0 Å². The fourth-order valence-corrected chi connectivity index (χ4v) is 2.94. The lowest BCUT2D eigenvalue weighted by Crippen LogP contribution is -2.34. The third-order valence-corrected chi connectivity index (χ3v) is 3.73. The van der Waals surface area contributed by atoms with Crippen molar-refractivity contribution in [1.82, 2.24) is 5.32 Å². The van der Waals surface area contributed by atoms with Gasteiger partial charge in [-0.3, -0.25) is 0 Å². The number of hydrogen-bond donors (Lipinski definition) is 1. The minimum Gasteiger partial charge on any atom is -0.468 e. The second kappa shape index (κ2) is 4.89. The summed E-state index contributed by atoms with van der Waals surface area (Å²) in [5.74, 6) is 3.63. The Morgan fingerprint density at radius 2 is 2.29 bits per heavy atom. The smallest absolute Gasteiger partial charge is 0.120 e. The molecule has 1 aliphatic heterocycles. The van der Waals surface area contributed by atoms with Gasteiger partial charge in [0.2, 0.25) is 0 Å². The molecule has 0 saturated carbocycles. The Bertz CT molecular complexity index is 254. The standard InChI is InChI=1S/C11H17NOS/c1-9(11-3-2-6-13-11)12-10-4-7-14-8-5-10/h2-3,6,9-10,12H,4-5,7-8H2,1H3/t9-/m0/s1. The molecule has 1 atom stereocenters. The van der Waals surface area contributed by atoms with Crippen LogP contribution in [0.5, 0.6) is 0 Å². The van der Waals surface area contributed by atoms with E-state index in [9.17, 15) is 0 Å². The summed E-state index contributed by atoms with van der Waals surface area (Å²) < 4.78 is 5.37. The van der Waals surface area contributed by atoms with Gasteiger partial charge >= 0.3 is 0 Å². The van der Waals surface area contributed by atoms with E-state index in [0.717, 1.165) is 5.76 Å². The van der Waals surface area contributed by atoms with Crippen molar-refractivity contribution in [1.29, 1.82) is 0 Å². The van der Waals surface area contributed by atoms with Crippen LogP contribution in [0.15, 0.2) is 22.8 Å². The summed E-state index contributed by atoms with van der Waals surface area (Å²) in [4.78, 5) is 0. The Kier molecular flexibility index (Phi) is 3.54. The highest BCUT2D eigenvalue weighted by atomic mass is 32.2. The van der Waals surface area contributed by atoms with Gasteiger partial charge in [-0.05, 0) is 43.4 Å². The third kappa shape index (κ3) is 2.55. The zero-order valence-corrected chi connectivity index (χ0v) is 9.35. The third-order valence-electron chi connectivity index (χ3n) is 2.68. The first-order valence-corrected chi connectivity index (χ1v) is 6.39. The second-order valence-corrected chi connectivity index (χ2v) is 5.02. The van der Waals surface area contributed by atoms with Gasteiger partial charge < -0.3 is 9.73 Å². The molecule has 0 aromatic carbocycles. The zero-order chi connectivity index (χ0) is 9.80. The maximum Gasteiger partial charge on any atom is 0.120 e. The van der Waals surface area contributed by atoms with Crippen molar-refractivity contribution in [2.45, 2.75) is 31.8 Å². The maximum absolute atomic E-state index is 5.37. The molecule has 1 aromatic rings. The molecule has 1 N–H and O–H groups in total. The van der Waals surface area contributed by atoms with Gasteiger partial charge in [0.1, 0.15) is 5.76 Å². The van der Waals surface area contributed by atoms with Gasteiger partial charge in [0, 0.05) is 6.04 Å².